The van der Waals surface area contributed by atoms with E-state index in [1.54, 1.807) is 6.20 Å². The molecule has 0 aliphatic heterocycles. The molecule has 0 unspecified atom stereocenters. The van der Waals surface area contributed by atoms with Gasteiger partial charge >= 0.3 is 0 Å². The first-order valence-corrected chi connectivity index (χ1v) is 7.49. The van der Waals surface area contributed by atoms with E-state index in [-0.39, 0.29) is 11.9 Å². The van der Waals surface area contributed by atoms with Crippen molar-refractivity contribution in [1.29, 1.82) is 0 Å². The van der Waals surface area contributed by atoms with Crippen LogP contribution in [0.5, 0.6) is 0 Å². The van der Waals surface area contributed by atoms with Crippen molar-refractivity contribution in [3.63, 3.8) is 0 Å². The molecule has 118 valence electrons. The number of amides is 1. The molecule has 0 aliphatic carbocycles. The Bertz CT molecular complexity index is 622. The predicted octanol–water partition coefficient (Wildman–Crippen LogP) is 2.34. The van der Waals surface area contributed by atoms with Crippen LogP contribution in [0.2, 0.25) is 0 Å². The van der Waals surface area contributed by atoms with Crippen molar-refractivity contribution in [2.75, 3.05) is 13.6 Å². The van der Waals surface area contributed by atoms with E-state index in [9.17, 15) is 4.79 Å². The van der Waals surface area contributed by atoms with Crippen molar-refractivity contribution in [3.05, 3.63) is 52.8 Å². The maximum Gasteiger partial charge on any atom is 0.234 e. The zero-order valence-corrected chi connectivity index (χ0v) is 13.7. The van der Waals surface area contributed by atoms with Gasteiger partial charge in [0.25, 0.3) is 0 Å². The number of aromatic amines is 1. The van der Waals surface area contributed by atoms with Crippen LogP contribution in [0.25, 0.3) is 0 Å². The second-order valence-corrected chi connectivity index (χ2v) is 5.90. The second-order valence-electron chi connectivity index (χ2n) is 5.90. The van der Waals surface area contributed by atoms with Crippen LogP contribution < -0.4 is 5.32 Å². The fourth-order valence-electron chi connectivity index (χ4n) is 2.56. The van der Waals surface area contributed by atoms with Crippen LogP contribution in [-0.2, 0) is 11.3 Å². The largest absolute Gasteiger partial charge is 0.348 e. The first kappa shape index (κ1) is 16.2. The molecule has 0 saturated carbocycles. The van der Waals surface area contributed by atoms with Crippen molar-refractivity contribution in [2.24, 2.45) is 0 Å². The minimum atomic E-state index is 0.00737. The number of carbonyl (C=O) groups excluding carboxylic acids is 1. The van der Waals surface area contributed by atoms with Crippen LogP contribution >= 0.6 is 0 Å². The molecule has 1 amide bonds. The zero-order chi connectivity index (χ0) is 16.1. The number of aromatic nitrogens is 2. The van der Waals surface area contributed by atoms with Crippen LogP contribution in [-0.4, -0.2) is 34.6 Å². The Kier molecular flexibility index (Phi) is 5.33. The van der Waals surface area contributed by atoms with Gasteiger partial charge in [0.1, 0.15) is 0 Å². The average Bonchev–Trinajstić information content (AvgIpc) is 2.93. The summed E-state index contributed by atoms with van der Waals surface area (Å²) >= 11 is 0. The molecule has 2 aromatic rings. The summed E-state index contributed by atoms with van der Waals surface area (Å²) in [6.45, 7) is 7.19. The van der Waals surface area contributed by atoms with Gasteiger partial charge in [0.15, 0.2) is 0 Å². The van der Waals surface area contributed by atoms with Gasteiger partial charge in [0.2, 0.25) is 5.91 Å². The zero-order valence-electron chi connectivity index (χ0n) is 13.7. The lowest BCUT2D eigenvalue weighted by Crippen LogP contribution is -2.36. The van der Waals surface area contributed by atoms with E-state index in [1.165, 1.54) is 16.7 Å². The molecule has 5 heteroatoms. The Labute approximate surface area is 131 Å². The smallest absolute Gasteiger partial charge is 0.234 e. The first-order valence-electron chi connectivity index (χ1n) is 7.49. The maximum absolute atomic E-state index is 12.2. The quantitative estimate of drug-likeness (QED) is 0.861. The van der Waals surface area contributed by atoms with E-state index in [1.807, 2.05) is 24.9 Å². The van der Waals surface area contributed by atoms with Crippen LogP contribution in [0, 0.1) is 13.8 Å². The lowest BCUT2D eigenvalue weighted by atomic mass is 10.00. The van der Waals surface area contributed by atoms with Crippen LogP contribution in [0.3, 0.4) is 0 Å². The van der Waals surface area contributed by atoms with Crippen molar-refractivity contribution in [3.8, 4) is 0 Å². The molecule has 0 aliphatic rings. The predicted molar refractivity (Wildman–Crippen MR) is 87.4 cm³/mol. The van der Waals surface area contributed by atoms with Crippen LogP contribution in [0.4, 0.5) is 0 Å². The lowest BCUT2D eigenvalue weighted by molar-refractivity contribution is -0.122. The van der Waals surface area contributed by atoms with Gasteiger partial charge in [-0.1, -0.05) is 23.8 Å². The molecule has 5 nitrogen and oxygen atoms in total. The average molecular weight is 300 g/mol. The molecular formula is C17H24N4O. The molecule has 1 atom stereocenters. The fourth-order valence-corrected chi connectivity index (χ4v) is 2.56. The number of nitrogens with one attached hydrogen (secondary N) is 2. The number of carbonyl (C=O) groups is 1. The minimum absolute atomic E-state index is 0.00737. The lowest BCUT2D eigenvalue weighted by Gasteiger charge is -2.20. The van der Waals surface area contributed by atoms with Gasteiger partial charge in [0.05, 0.1) is 12.6 Å². The van der Waals surface area contributed by atoms with E-state index in [4.69, 9.17) is 0 Å². The van der Waals surface area contributed by atoms with E-state index in [0.29, 0.717) is 13.1 Å². The highest BCUT2D eigenvalue weighted by Gasteiger charge is 2.13. The molecule has 22 heavy (non-hydrogen) atoms. The van der Waals surface area contributed by atoms with Gasteiger partial charge in [-0.3, -0.25) is 14.8 Å². The molecule has 1 heterocycles. The van der Waals surface area contributed by atoms with Gasteiger partial charge in [0, 0.05) is 18.4 Å². The summed E-state index contributed by atoms with van der Waals surface area (Å²) in [6.07, 6.45) is 1.71. The van der Waals surface area contributed by atoms with E-state index >= 15 is 0 Å². The summed E-state index contributed by atoms with van der Waals surface area (Å²) in [7, 11) is 1.92. The highest BCUT2D eigenvalue weighted by Crippen LogP contribution is 2.18. The topological polar surface area (TPSA) is 61.0 Å². The molecule has 1 aromatic carbocycles. The highest BCUT2D eigenvalue weighted by molar-refractivity contribution is 5.78. The minimum Gasteiger partial charge on any atom is -0.348 e. The first-order chi connectivity index (χ1) is 10.5. The van der Waals surface area contributed by atoms with Gasteiger partial charge in [-0.05, 0) is 45.0 Å². The van der Waals surface area contributed by atoms with Gasteiger partial charge < -0.3 is 5.32 Å². The molecule has 1 aromatic heterocycles. The Morgan fingerprint density at radius 2 is 2.14 bits per heavy atom. The summed E-state index contributed by atoms with van der Waals surface area (Å²) in [4.78, 5) is 14.1. The fraction of sp³-hybridized carbons (Fsp3) is 0.412. The molecule has 0 bridgehead atoms. The number of H-pyrrole nitrogens is 1. The van der Waals surface area contributed by atoms with Crippen molar-refractivity contribution in [2.45, 2.75) is 33.4 Å². The number of hydrogen-bond donors (Lipinski definition) is 2. The molecule has 0 saturated heterocycles. The Morgan fingerprint density at radius 3 is 2.82 bits per heavy atom. The standard InChI is InChI=1S/C17H24N4O/c1-12-5-6-13(2)16(9-12)14(3)19-17(22)11-21(4)10-15-7-8-18-20-15/h5-9,14H,10-11H2,1-4H3,(H,18,20)(H,19,22)/t14-/m0/s1. The number of hydrogen-bond acceptors (Lipinski definition) is 3. The summed E-state index contributed by atoms with van der Waals surface area (Å²) < 4.78 is 0. The van der Waals surface area contributed by atoms with E-state index < -0.39 is 0 Å². The summed E-state index contributed by atoms with van der Waals surface area (Å²) in [5.74, 6) is 0.0235. The molecule has 2 rings (SSSR count). The SMILES string of the molecule is Cc1ccc(C)c([C@H](C)NC(=O)CN(C)Cc2ccn[nH]2)c1. The van der Waals surface area contributed by atoms with Crippen LogP contribution in [0.15, 0.2) is 30.5 Å². The number of rotatable bonds is 6. The summed E-state index contributed by atoms with van der Waals surface area (Å²) in [5, 5.41) is 9.87. The third kappa shape index (κ3) is 4.43. The molecule has 0 fully saturated rings. The maximum atomic E-state index is 12.2. The molecule has 2 N–H and O–H groups in total. The van der Waals surface area contributed by atoms with Crippen molar-refractivity contribution >= 4 is 5.91 Å². The Morgan fingerprint density at radius 1 is 1.36 bits per heavy atom. The number of aryl methyl sites for hydroxylation is 2. The van der Waals surface area contributed by atoms with E-state index in [0.717, 1.165) is 5.69 Å². The normalized spacial score (nSPS) is 12.4. The Hall–Kier alpha value is -2.14. The molecule has 0 radical (unpaired) electrons. The third-order valence-corrected chi connectivity index (χ3v) is 3.69. The molecule has 0 spiro atoms. The number of nitrogens with zero attached hydrogens (tertiary/aromatic N) is 2. The van der Waals surface area contributed by atoms with Gasteiger partial charge in [-0.15, -0.1) is 0 Å². The highest BCUT2D eigenvalue weighted by atomic mass is 16.2. The number of benzene rings is 1. The van der Waals surface area contributed by atoms with Gasteiger partial charge in [-0.25, -0.2) is 0 Å². The van der Waals surface area contributed by atoms with Gasteiger partial charge in [-0.2, -0.15) is 5.10 Å². The van der Waals surface area contributed by atoms with E-state index in [2.05, 4.69) is 47.6 Å². The van der Waals surface area contributed by atoms with Crippen molar-refractivity contribution < 1.29 is 4.79 Å². The second kappa shape index (κ2) is 7.22. The van der Waals surface area contributed by atoms with Crippen molar-refractivity contribution in [1.82, 2.24) is 20.4 Å². The molecular weight excluding hydrogens is 276 g/mol. The number of likely N-dealkylation sites (N-methyl/N-ethyl adjacent to an activating group) is 1. The Balaban J connectivity index is 1.89. The summed E-state index contributed by atoms with van der Waals surface area (Å²) in [6, 6.07) is 8.23. The third-order valence-electron chi connectivity index (χ3n) is 3.69. The van der Waals surface area contributed by atoms with Crippen LogP contribution in [0.1, 0.15) is 35.3 Å². The monoisotopic (exact) mass is 300 g/mol. The summed E-state index contributed by atoms with van der Waals surface area (Å²) in [5.41, 5.74) is 4.57.